The number of carbonyl (C=O) groups excluding carboxylic acids is 2. The maximum atomic E-state index is 12.8. The zero-order valence-electron chi connectivity index (χ0n) is 17.6. The number of methoxy groups -OCH3 is 1. The van der Waals surface area contributed by atoms with Crippen molar-refractivity contribution >= 4 is 23.3 Å². The molecular formula is C23H20N6O4. The van der Waals surface area contributed by atoms with Gasteiger partial charge in [-0.2, -0.15) is 0 Å². The van der Waals surface area contributed by atoms with Crippen LogP contribution in [0.5, 0.6) is 5.75 Å². The molecule has 0 unspecified atom stereocenters. The first-order valence-corrected chi connectivity index (χ1v) is 9.92. The molecule has 4 aromatic rings. The average Bonchev–Trinajstić information content (AvgIpc) is 3.32. The highest BCUT2D eigenvalue weighted by Gasteiger charge is 2.15. The van der Waals surface area contributed by atoms with Gasteiger partial charge in [-0.3, -0.25) is 9.78 Å². The summed E-state index contributed by atoms with van der Waals surface area (Å²) in [5.41, 5.74) is 2.86. The molecule has 2 heterocycles. The van der Waals surface area contributed by atoms with Crippen LogP contribution in [-0.4, -0.2) is 44.1 Å². The zero-order chi connectivity index (χ0) is 23.2. The number of aromatic nitrogens is 4. The number of nitrogens with one attached hydrogen (secondary N) is 2. The fourth-order valence-electron chi connectivity index (χ4n) is 3.06. The Morgan fingerprint density at radius 1 is 1.06 bits per heavy atom. The van der Waals surface area contributed by atoms with Gasteiger partial charge in [0.2, 0.25) is 0 Å². The number of phenolic OH excluding ortho intramolecular Hbond substituents is 1. The molecule has 0 aliphatic heterocycles. The number of aromatic hydroxyl groups is 1. The molecule has 0 bridgehead atoms. The molecule has 4 rings (SSSR count). The van der Waals surface area contributed by atoms with E-state index in [2.05, 4.69) is 25.9 Å². The van der Waals surface area contributed by atoms with Crippen LogP contribution >= 0.6 is 0 Å². The van der Waals surface area contributed by atoms with Gasteiger partial charge in [-0.25, -0.2) is 9.48 Å². The van der Waals surface area contributed by atoms with Gasteiger partial charge in [-0.05, 0) is 48.5 Å². The van der Waals surface area contributed by atoms with E-state index in [-0.39, 0.29) is 11.3 Å². The minimum Gasteiger partial charge on any atom is -0.507 e. The summed E-state index contributed by atoms with van der Waals surface area (Å²) in [7, 11) is 1.28. The largest absolute Gasteiger partial charge is 0.507 e. The number of nitrogens with zero attached hydrogens (tertiary/aromatic N) is 4. The molecule has 0 saturated heterocycles. The van der Waals surface area contributed by atoms with E-state index in [1.165, 1.54) is 30.0 Å². The molecule has 3 N–H and O–H groups in total. The summed E-state index contributed by atoms with van der Waals surface area (Å²) in [6.07, 6.45) is 5.10. The maximum Gasteiger partial charge on any atom is 0.337 e. The lowest BCUT2D eigenvalue weighted by molar-refractivity contribution is 0.0600. The van der Waals surface area contributed by atoms with Crippen molar-refractivity contribution < 1.29 is 19.4 Å². The molecule has 0 spiro atoms. The van der Waals surface area contributed by atoms with E-state index < -0.39 is 11.9 Å². The molecular weight excluding hydrogens is 424 g/mol. The van der Waals surface area contributed by atoms with E-state index >= 15 is 0 Å². The van der Waals surface area contributed by atoms with Crippen molar-refractivity contribution in [3.63, 3.8) is 0 Å². The highest BCUT2D eigenvalue weighted by atomic mass is 16.5. The van der Waals surface area contributed by atoms with Crippen molar-refractivity contribution in [3.05, 3.63) is 90.0 Å². The van der Waals surface area contributed by atoms with Crippen molar-refractivity contribution in [2.75, 3.05) is 17.7 Å². The van der Waals surface area contributed by atoms with E-state index in [1.54, 1.807) is 42.9 Å². The first kappa shape index (κ1) is 21.5. The third-order valence-electron chi connectivity index (χ3n) is 4.73. The SMILES string of the molecule is COC(=O)c1cccc(NC(=O)c2cc(-n3cc(CNc4ccncc4)nn3)ccc2O)c1. The van der Waals surface area contributed by atoms with Crippen molar-refractivity contribution in [2.24, 2.45) is 0 Å². The molecule has 0 fully saturated rings. The Morgan fingerprint density at radius 2 is 1.88 bits per heavy atom. The van der Waals surface area contributed by atoms with Gasteiger partial charge in [-0.15, -0.1) is 5.10 Å². The van der Waals surface area contributed by atoms with Crippen molar-refractivity contribution in [2.45, 2.75) is 6.54 Å². The Kier molecular flexibility index (Phi) is 6.26. The topological polar surface area (TPSA) is 131 Å². The van der Waals surface area contributed by atoms with Crippen LogP contribution in [-0.2, 0) is 11.3 Å². The standard InChI is InChI=1S/C23H20N6O4/c1-33-23(32)15-3-2-4-17(11-15)26-22(31)20-12-19(5-6-21(20)30)29-14-18(27-28-29)13-25-16-7-9-24-10-8-16/h2-12,14,30H,13H2,1H3,(H,24,25)(H,26,31). The Morgan fingerprint density at radius 3 is 2.67 bits per heavy atom. The van der Waals surface area contributed by atoms with E-state index in [1.807, 2.05) is 12.1 Å². The second-order valence-electron chi connectivity index (χ2n) is 6.97. The summed E-state index contributed by atoms with van der Waals surface area (Å²) in [5.74, 6) is -1.26. The van der Waals surface area contributed by atoms with Crippen LogP contribution in [0.1, 0.15) is 26.4 Å². The minimum absolute atomic E-state index is 0.0444. The highest BCUT2D eigenvalue weighted by molar-refractivity contribution is 6.07. The van der Waals surface area contributed by atoms with Crippen LogP contribution in [0.25, 0.3) is 5.69 Å². The molecule has 2 aromatic carbocycles. The van der Waals surface area contributed by atoms with Gasteiger partial charge < -0.3 is 20.5 Å². The number of rotatable bonds is 7. The Labute approximate surface area is 188 Å². The Hall–Kier alpha value is -4.73. The number of esters is 1. The molecule has 0 saturated carbocycles. The zero-order valence-corrected chi connectivity index (χ0v) is 17.6. The second-order valence-corrected chi connectivity index (χ2v) is 6.97. The van der Waals surface area contributed by atoms with Gasteiger partial charge in [0.15, 0.2) is 0 Å². The average molecular weight is 444 g/mol. The molecule has 0 aliphatic rings. The van der Waals surface area contributed by atoms with Crippen molar-refractivity contribution in [1.82, 2.24) is 20.0 Å². The predicted molar refractivity (Wildman–Crippen MR) is 120 cm³/mol. The fourth-order valence-corrected chi connectivity index (χ4v) is 3.06. The van der Waals surface area contributed by atoms with Crippen LogP contribution in [0.3, 0.4) is 0 Å². The summed E-state index contributed by atoms with van der Waals surface area (Å²) >= 11 is 0. The van der Waals surface area contributed by atoms with Crippen LogP contribution < -0.4 is 10.6 Å². The van der Waals surface area contributed by atoms with E-state index in [9.17, 15) is 14.7 Å². The Bertz CT molecular complexity index is 1290. The molecule has 0 atom stereocenters. The summed E-state index contributed by atoms with van der Waals surface area (Å²) in [6.45, 7) is 0.450. The molecule has 1 amide bonds. The van der Waals surface area contributed by atoms with Crippen LogP contribution in [0.15, 0.2) is 73.2 Å². The number of benzene rings is 2. The number of phenols is 1. The van der Waals surface area contributed by atoms with E-state index in [0.717, 1.165) is 5.69 Å². The summed E-state index contributed by atoms with van der Waals surface area (Å²) in [5, 5.41) is 24.4. The van der Waals surface area contributed by atoms with Gasteiger partial charge >= 0.3 is 5.97 Å². The van der Waals surface area contributed by atoms with Crippen molar-refractivity contribution in [1.29, 1.82) is 0 Å². The minimum atomic E-state index is -0.545. The molecule has 2 aromatic heterocycles. The lowest BCUT2D eigenvalue weighted by Crippen LogP contribution is -2.13. The van der Waals surface area contributed by atoms with Crippen LogP contribution in [0.2, 0.25) is 0 Å². The summed E-state index contributed by atoms with van der Waals surface area (Å²) in [4.78, 5) is 28.5. The lowest BCUT2D eigenvalue weighted by atomic mass is 10.1. The van der Waals surface area contributed by atoms with Gasteiger partial charge in [0.25, 0.3) is 5.91 Å². The molecule has 0 radical (unpaired) electrons. The normalized spacial score (nSPS) is 10.5. The fraction of sp³-hybridized carbons (Fsp3) is 0.0870. The van der Waals surface area contributed by atoms with Gasteiger partial charge in [0.1, 0.15) is 11.4 Å². The lowest BCUT2D eigenvalue weighted by Gasteiger charge is -2.10. The van der Waals surface area contributed by atoms with Crippen LogP contribution in [0, 0.1) is 0 Å². The number of pyridine rings is 1. The number of anilines is 2. The first-order chi connectivity index (χ1) is 16.0. The summed E-state index contributed by atoms with van der Waals surface area (Å²) in [6, 6.07) is 14.5. The van der Waals surface area contributed by atoms with E-state index in [0.29, 0.717) is 29.2 Å². The van der Waals surface area contributed by atoms with Gasteiger partial charge in [0.05, 0.1) is 36.7 Å². The molecule has 166 valence electrons. The van der Waals surface area contributed by atoms with Crippen LogP contribution in [0.4, 0.5) is 11.4 Å². The predicted octanol–water partition coefficient (Wildman–Crippen LogP) is 3.02. The molecule has 10 heteroatoms. The second kappa shape index (κ2) is 9.60. The summed E-state index contributed by atoms with van der Waals surface area (Å²) < 4.78 is 6.21. The highest BCUT2D eigenvalue weighted by Crippen LogP contribution is 2.22. The smallest absolute Gasteiger partial charge is 0.337 e. The quantitative estimate of drug-likeness (QED) is 0.371. The number of ether oxygens (including phenoxy) is 1. The third kappa shape index (κ3) is 5.13. The maximum absolute atomic E-state index is 12.8. The Balaban J connectivity index is 1.49. The number of hydrogen-bond acceptors (Lipinski definition) is 8. The number of carbonyl (C=O) groups is 2. The van der Waals surface area contributed by atoms with Gasteiger partial charge in [-0.1, -0.05) is 11.3 Å². The van der Waals surface area contributed by atoms with E-state index in [4.69, 9.17) is 4.74 Å². The third-order valence-corrected chi connectivity index (χ3v) is 4.73. The molecule has 10 nitrogen and oxygen atoms in total. The molecule has 33 heavy (non-hydrogen) atoms. The number of amides is 1. The first-order valence-electron chi connectivity index (χ1n) is 9.92. The molecule has 0 aliphatic carbocycles. The number of hydrogen-bond donors (Lipinski definition) is 3. The van der Waals surface area contributed by atoms with Crippen molar-refractivity contribution in [3.8, 4) is 11.4 Å². The monoisotopic (exact) mass is 444 g/mol. The van der Waals surface area contributed by atoms with Gasteiger partial charge in [0, 0.05) is 23.8 Å².